The van der Waals surface area contributed by atoms with E-state index in [1.165, 1.54) is 24.3 Å². The molecule has 0 amide bonds. The third-order valence-electron chi connectivity index (χ3n) is 1.82. The third-order valence-corrected chi connectivity index (χ3v) is 1.82. The van der Waals surface area contributed by atoms with Crippen molar-refractivity contribution in [1.29, 1.82) is 0 Å². The second kappa shape index (κ2) is 4.88. The van der Waals surface area contributed by atoms with Gasteiger partial charge in [0.05, 0.1) is 0 Å². The second-order valence-electron chi connectivity index (χ2n) is 2.96. The molecule has 0 aliphatic carbocycles. The highest BCUT2D eigenvalue weighted by Gasteiger charge is 2.15. The van der Waals surface area contributed by atoms with Crippen LogP contribution in [0.5, 0.6) is 0 Å². The number of carbonyl (C=O) groups excluding carboxylic acids is 1. The van der Waals surface area contributed by atoms with Crippen LogP contribution in [0.15, 0.2) is 29.8 Å². The molecule has 0 saturated heterocycles. The van der Waals surface area contributed by atoms with Gasteiger partial charge in [0.15, 0.2) is 0 Å². The van der Waals surface area contributed by atoms with Crippen LogP contribution in [-0.2, 0) is 9.59 Å². The smallest absolute Gasteiger partial charge is 0.343 e. The Morgan fingerprint density at radius 3 is 2.12 bits per heavy atom. The highest BCUT2D eigenvalue weighted by Crippen LogP contribution is 2.09. The van der Waals surface area contributed by atoms with Gasteiger partial charge in [0.1, 0.15) is 11.9 Å². The number of aliphatic carboxylic acids is 2. The average Bonchev–Trinajstić information content (AvgIpc) is 2.25. The minimum atomic E-state index is -1.52. The zero-order valence-electron chi connectivity index (χ0n) is 8.08. The minimum absolute atomic E-state index is 0.351. The van der Waals surface area contributed by atoms with E-state index in [-0.39, 0.29) is 0 Å². The van der Waals surface area contributed by atoms with Crippen LogP contribution in [0.4, 0.5) is 0 Å². The average molecular weight is 220 g/mol. The predicted octanol–water partition coefficient (Wildman–Crippen LogP) is 1.05. The number of carboxylic acid groups (broad SMARTS) is 2. The topological polar surface area (TPSA) is 91.7 Å². The maximum Gasteiger partial charge on any atom is 0.343 e. The van der Waals surface area contributed by atoms with Gasteiger partial charge in [-0.1, -0.05) is 18.2 Å². The lowest BCUT2D eigenvalue weighted by Gasteiger charge is -1.97. The Morgan fingerprint density at radius 2 is 1.62 bits per heavy atom. The van der Waals surface area contributed by atoms with Crippen molar-refractivity contribution in [2.45, 2.75) is 0 Å². The van der Waals surface area contributed by atoms with Crippen molar-refractivity contribution in [2.75, 3.05) is 0 Å². The molecule has 0 aliphatic rings. The van der Waals surface area contributed by atoms with Crippen LogP contribution in [0.1, 0.15) is 15.9 Å². The normalized spacial score (nSPS) is 9.25. The van der Waals surface area contributed by atoms with Crippen molar-refractivity contribution >= 4 is 24.3 Å². The molecule has 5 heteroatoms. The molecule has 5 nitrogen and oxygen atoms in total. The number of carboxylic acids is 2. The number of aldehydes is 1. The zero-order valence-corrected chi connectivity index (χ0v) is 8.08. The molecule has 0 radical (unpaired) electrons. The summed E-state index contributed by atoms with van der Waals surface area (Å²) in [6, 6.07) is 5.99. The first kappa shape index (κ1) is 11.6. The lowest BCUT2D eigenvalue weighted by Crippen LogP contribution is -2.10. The number of rotatable bonds is 4. The van der Waals surface area contributed by atoms with Gasteiger partial charge < -0.3 is 10.2 Å². The highest BCUT2D eigenvalue weighted by molar-refractivity contribution is 6.16. The summed E-state index contributed by atoms with van der Waals surface area (Å²) >= 11 is 0. The van der Waals surface area contributed by atoms with Crippen molar-refractivity contribution in [1.82, 2.24) is 0 Å². The van der Waals surface area contributed by atoms with Crippen LogP contribution in [0.3, 0.4) is 0 Å². The molecule has 16 heavy (non-hydrogen) atoms. The predicted molar refractivity (Wildman–Crippen MR) is 55.1 cm³/mol. The van der Waals surface area contributed by atoms with Gasteiger partial charge in [0, 0.05) is 5.56 Å². The van der Waals surface area contributed by atoms with Crippen molar-refractivity contribution in [3.8, 4) is 0 Å². The summed E-state index contributed by atoms with van der Waals surface area (Å²) in [7, 11) is 0. The largest absolute Gasteiger partial charge is 0.477 e. The fraction of sp³-hybridized carbons (Fsp3) is 0. The van der Waals surface area contributed by atoms with E-state index in [1.54, 1.807) is 0 Å². The second-order valence-corrected chi connectivity index (χ2v) is 2.96. The first-order chi connectivity index (χ1) is 7.54. The SMILES string of the molecule is O=Cc1cccc(C=C(C(=O)O)C(=O)O)c1. The molecule has 0 spiro atoms. The van der Waals surface area contributed by atoms with Crippen molar-refractivity contribution in [3.63, 3.8) is 0 Å². The van der Waals surface area contributed by atoms with Crippen molar-refractivity contribution < 1.29 is 24.6 Å². The number of carbonyl (C=O) groups is 3. The molecule has 0 saturated carbocycles. The standard InChI is InChI=1S/C11H8O5/c12-6-8-3-1-2-7(4-8)5-9(10(13)14)11(15)16/h1-6H,(H,13,14)(H,15,16). The van der Waals surface area contributed by atoms with E-state index in [0.717, 1.165) is 6.08 Å². The van der Waals surface area contributed by atoms with Gasteiger partial charge in [-0.25, -0.2) is 9.59 Å². The molecule has 0 bridgehead atoms. The lowest BCUT2D eigenvalue weighted by molar-refractivity contribution is -0.140. The summed E-state index contributed by atoms with van der Waals surface area (Å²) < 4.78 is 0. The Kier molecular flexibility index (Phi) is 3.55. The lowest BCUT2D eigenvalue weighted by atomic mass is 10.1. The van der Waals surface area contributed by atoms with Crippen LogP contribution < -0.4 is 0 Å². The highest BCUT2D eigenvalue weighted by atomic mass is 16.4. The maximum atomic E-state index is 10.6. The van der Waals surface area contributed by atoms with Gasteiger partial charge in [0.25, 0.3) is 0 Å². The van der Waals surface area contributed by atoms with E-state index in [2.05, 4.69) is 0 Å². The molecule has 0 fully saturated rings. The molecular formula is C11H8O5. The van der Waals surface area contributed by atoms with E-state index >= 15 is 0 Å². The van der Waals surface area contributed by atoms with E-state index < -0.39 is 17.5 Å². The molecule has 0 atom stereocenters. The first-order valence-corrected chi connectivity index (χ1v) is 4.28. The Morgan fingerprint density at radius 1 is 1.06 bits per heavy atom. The zero-order chi connectivity index (χ0) is 12.1. The van der Waals surface area contributed by atoms with E-state index in [4.69, 9.17) is 10.2 Å². The van der Waals surface area contributed by atoms with E-state index in [1.807, 2.05) is 0 Å². The van der Waals surface area contributed by atoms with Gasteiger partial charge in [-0.05, 0) is 17.7 Å². The first-order valence-electron chi connectivity index (χ1n) is 4.28. The molecule has 1 rings (SSSR count). The fourth-order valence-corrected chi connectivity index (χ4v) is 1.10. The Bertz CT molecular complexity index is 457. The van der Waals surface area contributed by atoms with E-state index in [0.29, 0.717) is 17.4 Å². The number of benzene rings is 1. The number of hydrogen-bond acceptors (Lipinski definition) is 3. The van der Waals surface area contributed by atoms with Gasteiger partial charge in [0.2, 0.25) is 0 Å². The van der Waals surface area contributed by atoms with Crippen LogP contribution >= 0.6 is 0 Å². The third kappa shape index (κ3) is 2.78. The summed E-state index contributed by atoms with van der Waals surface area (Å²) in [4.78, 5) is 31.6. The molecule has 0 unspecified atom stereocenters. The minimum Gasteiger partial charge on any atom is -0.477 e. The Balaban J connectivity index is 3.17. The molecule has 0 aliphatic heterocycles. The Hall–Kier alpha value is -2.43. The van der Waals surface area contributed by atoms with Gasteiger partial charge in [-0.15, -0.1) is 0 Å². The molecule has 82 valence electrons. The van der Waals surface area contributed by atoms with Gasteiger partial charge in [-0.2, -0.15) is 0 Å². The summed E-state index contributed by atoms with van der Waals surface area (Å²) in [6.45, 7) is 0. The summed E-state index contributed by atoms with van der Waals surface area (Å²) in [5.74, 6) is -3.05. The molecule has 1 aromatic rings. The molecule has 1 aromatic carbocycles. The molecule has 0 aromatic heterocycles. The van der Waals surface area contributed by atoms with Crippen molar-refractivity contribution in [2.24, 2.45) is 0 Å². The van der Waals surface area contributed by atoms with Crippen LogP contribution in [-0.4, -0.2) is 28.4 Å². The Labute approximate surface area is 90.6 Å². The molecule has 0 heterocycles. The summed E-state index contributed by atoms with van der Waals surface area (Å²) in [5.41, 5.74) is -0.0451. The van der Waals surface area contributed by atoms with Crippen LogP contribution in [0.2, 0.25) is 0 Å². The van der Waals surface area contributed by atoms with Gasteiger partial charge >= 0.3 is 11.9 Å². The fourth-order valence-electron chi connectivity index (χ4n) is 1.10. The number of hydrogen-bond donors (Lipinski definition) is 2. The van der Waals surface area contributed by atoms with Crippen LogP contribution in [0, 0.1) is 0 Å². The summed E-state index contributed by atoms with van der Waals surface area (Å²) in [6.07, 6.45) is 1.59. The van der Waals surface area contributed by atoms with E-state index in [9.17, 15) is 14.4 Å². The maximum absolute atomic E-state index is 10.6. The molecule has 2 N–H and O–H groups in total. The van der Waals surface area contributed by atoms with Crippen molar-refractivity contribution in [3.05, 3.63) is 41.0 Å². The summed E-state index contributed by atoms with van der Waals surface area (Å²) in [5, 5.41) is 17.2. The quantitative estimate of drug-likeness (QED) is 0.342. The van der Waals surface area contributed by atoms with Crippen LogP contribution in [0.25, 0.3) is 6.08 Å². The monoisotopic (exact) mass is 220 g/mol. The molecular weight excluding hydrogens is 212 g/mol. The van der Waals surface area contributed by atoms with Gasteiger partial charge in [-0.3, -0.25) is 4.79 Å².